The Morgan fingerprint density at radius 3 is 2.58 bits per heavy atom. The molecule has 0 spiro atoms. The van der Waals surface area contributed by atoms with Crippen LogP contribution in [0.15, 0.2) is 60.2 Å². The van der Waals surface area contributed by atoms with E-state index in [1.54, 1.807) is 25.3 Å². The molecule has 134 valence electrons. The smallest absolute Gasteiger partial charge is 0.261 e. The van der Waals surface area contributed by atoms with Crippen molar-refractivity contribution in [2.24, 2.45) is 0 Å². The average Bonchev–Trinajstić information content (AvgIpc) is 3.34. The summed E-state index contributed by atoms with van der Waals surface area (Å²) in [5, 5.41) is 11.6. The second kappa shape index (κ2) is 8.44. The van der Waals surface area contributed by atoms with E-state index in [4.69, 9.17) is 0 Å². The molecule has 0 radical (unpaired) electrons. The SMILES string of the molecule is CC(NC(=O)c1cccs1)C(=O)NCc1ccc(Cn2cccn2)cc1. The van der Waals surface area contributed by atoms with Crippen LogP contribution in [-0.2, 0) is 17.9 Å². The number of hydrogen-bond donors (Lipinski definition) is 2. The zero-order valence-electron chi connectivity index (χ0n) is 14.4. The molecule has 1 atom stereocenters. The molecule has 0 aliphatic heterocycles. The topological polar surface area (TPSA) is 76.0 Å². The minimum absolute atomic E-state index is 0.212. The molecule has 0 fully saturated rings. The molecule has 0 bridgehead atoms. The molecule has 0 saturated carbocycles. The van der Waals surface area contributed by atoms with Crippen LogP contribution in [0.2, 0.25) is 0 Å². The van der Waals surface area contributed by atoms with Gasteiger partial charge < -0.3 is 10.6 Å². The molecule has 1 aromatic carbocycles. The monoisotopic (exact) mass is 368 g/mol. The number of nitrogens with zero attached hydrogens (tertiary/aromatic N) is 2. The molecule has 2 amide bonds. The zero-order chi connectivity index (χ0) is 18.4. The zero-order valence-corrected chi connectivity index (χ0v) is 15.2. The van der Waals surface area contributed by atoms with Gasteiger partial charge in [0.25, 0.3) is 5.91 Å². The van der Waals surface area contributed by atoms with Crippen molar-refractivity contribution < 1.29 is 9.59 Å². The van der Waals surface area contributed by atoms with Gasteiger partial charge >= 0.3 is 0 Å². The highest BCUT2D eigenvalue weighted by atomic mass is 32.1. The van der Waals surface area contributed by atoms with Crippen molar-refractivity contribution in [2.45, 2.75) is 26.1 Å². The van der Waals surface area contributed by atoms with Gasteiger partial charge in [-0.25, -0.2) is 0 Å². The normalized spacial score (nSPS) is 11.7. The quantitative estimate of drug-likeness (QED) is 0.672. The van der Waals surface area contributed by atoms with Crippen molar-refractivity contribution in [3.63, 3.8) is 0 Å². The number of carbonyl (C=O) groups is 2. The highest BCUT2D eigenvalue weighted by Crippen LogP contribution is 2.08. The third kappa shape index (κ3) is 4.80. The van der Waals surface area contributed by atoms with Crippen LogP contribution in [0, 0.1) is 0 Å². The van der Waals surface area contributed by atoms with Crippen molar-refractivity contribution in [1.29, 1.82) is 0 Å². The van der Waals surface area contributed by atoms with Crippen molar-refractivity contribution in [3.8, 4) is 0 Å². The predicted molar refractivity (Wildman–Crippen MR) is 101 cm³/mol. The third-order valence-corrected chi connectivity index (χ3v) is 4.75. The van der Waals surface area contributed by atoms with Crippen molar-refractivity contribution in [2.75, 3.05) is 0 Å². The molecule has 6 nitrogen and oxygen atoms in total. The van der Waals surface area contributed by atoms with Gasteiger partial charge in [-0.15, -0.1) is 11.3 Å². The number of benzene rings is 1. The predicted octanol–water partition coefficient (Wildman–Crippen LogP) is 2.43. The Hall–Kier alpha value is -2.93. The maximum Gasteiger partial charge on any atom is 0.261 e. The van der Waals surface area contributed by atoms with Crippen LogP contribution < -0.4 is 10.6 Å². The van der Waals surface area contributed by atoms with E-state index in [0.717, 1.165) is 11.1 Å². The average molecular weight is 368 g/mol. The Bertz CT molecular complexity index is 842. The van der Waals surface area contributed by atoms with Crippen molar-refractivity contribution in [1.82, 2.24) is 20.4 Å². The summed E-state index contributed by atoms with van der Waals surface area (Å²) in [6.45, 7) is 2.81. The minimum atomic E-state index is -0.594. The molecule has 1 unspecified atom stereocenters. The number of carbonyl (C=O) groups excluding carboxylic acids is 2. The van der Waals surface area contributed by atoms with E-state index in [1.165, 1.54) is 11.3 Å². The van der Waals surface area contributed by atoms with Gasteiger partial charge in [0.05, 0.1) is 11.4 Å². The molecule has 7 heteroatoms. The minimum Gasteiger partial charge on any atom is -0.350 e. The fourth-order valence-corrected chi connectivity index (χ4v) is 3.05. The first kappa shape index (κ1) is 17.9. The maximum atomic E-state index is 12.2. The molecule has 0 aliphatic carbocycles. The van der Waals surface area contributed by atoms with Gasteiger partial charge in [-0.05, 0) is 35.6 Å². The van der Waals surface area contributed by atoms with Crippen LogP contribution in [-0.4, -0.2) is 27.6 Å². The van der Waals surface area contributed by atoms with E-state index in [-0.39, 0.29) is 11.8 Å². The van der Waals surface area contributed by atoms with Crippen LogP contribution in [0.5, 0.6) is 0 Å². The van der Waals surface area contributed by atoms with Gasteiger partial charge in [-0.1, -0.05) is 30.3 Å². The molecule has 2 N–H and O–H groups in total. The van der Waals surface area contributed by atoms with E-state index in [2.05, 4.69) is 15.7 Å². The third-order valence-electron chi connectivity index (χ3n) is 3.88. The summed E-state index contributed by atoms with van der Waals surface area (Å²) < 4.78 is 1.86. The van der Waals surface area contributed by atoms with Crippen LogP contribution in [0.25, 0.3) is 0 Å². The molecular weight excluding hydrogens is 348 g/mol. The first-order chi connectivity index (χ1) is 12.6. The Kier molecular flexibility index (Phi) is 5.80. The Morgan fingerprint density at radius 2 is 1.92 bits per heavy atom. The number of nitrogens with one attached hydrogen (secondary N) is 2. The lowest BCUT2D eigenvalue weighted by Crippen LogP contribution is -2.44. The summed E-state index contributed by atoms with van der Waals surface area (Å²) in [4.78, 5) is 24.7. The van der Waals surface area contributed by atoms with Gasteiger partial charge in [0.15, 0.2) is 0 Å². The fourth-order valence-electron chi connectivity index (χ4n) is 2.43. The highest BCUT2D eigenvalue weighted by Gasteiger charge is 2.16. The molecule has 3 rings (SSSR count). The van der Waals surface area contributed by atoms with E-state index in [0.29, 0.717) is 18.0 Å². The summed E-state index contributed by atoms with van der Waals surface area (Å²) >= 11 is 1.35. The molecule has 2 heterocycles. The molecular formula is C19H20N4O2S. The molecule has 3 aromatic rings. The van der Waals surface area contributed by atoms with Crippen LogP contribution in [0.3, 0.4) is 0 Å². The van der Waals surface area contributed by atoms with Crippen LogP contribution in [0.1, 0.15) is 27.7 Å². The lowest BCUT2D eigenvalue weighted by atomic mass is 10.1. The van der Waals surface area contributed by atoms with E-state index >= 15 is 0 Å². The first-order valence-electron chi connectivity index (χ1n) is 8.29. The second-order valence-corrected chi connectivity index (χ2v) is 6.86. The number of aromatic nitrogens is 2. The first-order valence-corrected chi connectivity index (χ1v) is 9.17. The van der Waals surface area contributed by atoms with Crippen LogP contribution in [0.4, 0.5) is 0 Å². The van der Waals surface area contributed by atoms with Gasteiger partial charge in [0.2, 0.25) is 5.91 Å². The van der Waals surface area contributed by atoms with Gasteiger partial charge in [0, 0.05) is 18.9 Å². The summed E-state index contributed by atoms with van der Waals surface area (Å²) in [7, 11) is 0. The highest BCUT2D eigenvalue weighted by molar-refractivity contribution is 7.12. The largest absolute Gasteiger partial charge is 0.350 e. The van der Waals surface area contributed by atoms with Gasteiger partial charge in [-0.3, -0.25) is 14.3 Å². The van der Waals surface area contributed by atoms with Crippen molar-refractivity contribution in [3.05, 3.63) is 76.2 Å². The van der Waals surface area contributed by atoms with E-state index < -0.39 is 6.04 Å². The lowest BCUT2D eigenvalue weighted by molar-refractivity contribution is -0.122. The van der Waals surface area contributed by atoms with Gasteiger partial charge in [0.1, 0.15) is 6.04 Å². The maximum absolute atomic E-state index is 12.2. The Morgan fingerprint density at radius 1 is 1.15 bits per heavy atom. The number of rotatable bonds is 7. The second-order valence-electron chi connectivity index (χ2n) is 5.91. The van der Waals surface area contributed by atoms with Gasteiger partial charge in [-0.2, -0.15) is 5.10 Å². The van der Waals surface area contributed by atoms with Crippen LogP contribution >= 0.6 is 11.3 Å². The van der Waals surface area contributed by atoms with E-state index in [1.807, 2.05) is 46.6 Å². The fraction of sp³-hybridized carbons (Fsp3) is 0.211. The summed E-state index contributed by atoms with van der Waals surface area (Å²) in [5.41, 5.74) is 2.14. The molecule has 2 aromatic heterocycles. The Labute approximate surface area is 155 Å². The number of amides is 2. The molecule has 0 saturated heterocycles. The summed E-state index contributed by atoms with van der Waals surface area (Å²) in [6.07, 6.45) is 3.67. The van der Waals surface area contributed by atoms with E-state index in [9.17, 15) is 9.59 Å². The summed E-state index contributed by atoms with van der Waals surface area (Å²) in [6, 6.07) is 12.8. The molecule has 0 aliphatic rings. The molecule has 26 heavy (non-hydrogen) atoms. The number of hydrogen-bond acceptors (Lipinski definition) is 4. The van der Waals surface area contributed by atoms with Crippen molar-refractivity contribution >= 4 is 23.2 Å². The lowest BCUT2D eigenvalue weighted by Gasteiger charge is -2.14. The number of thiophene rings is 1. The Balaban J connectivity index is 1.47. The standard InChI is InChI=1S/C19H20N4O2S/c1-14(22-19(25)17-4-2-11-26-17)18(24)20-12-15-5-7-16(8-6-15)13-23-10-3-9-21-23/h2-11,14H,12-13H2,1H3,(H,20,24)(H,22,25). The summed E-state index contributed by atoms with van der Waals surface area (Å²) in [5.74, 6) is -0.443.